The highest BCUT2D eigenvalue weighted by Gasteiger charge is 2.06. The summed E-state index contributed by atoms with van der Waals surface area (Å²) in [6, 6.07) is 2.85. The van der Waals surface area contributed by atoms with E-state index in [0.717, 1.165) is 0 Å². The number of aromatic nitrogens is 1. The van der Waals surface area contributed by atoms with Gasteiger partial charge in [-0.05, 0) is 13.0 Å². The maximum absolute atomic E-state index is 11.2. The molecule has 0 atom stereocenters. The minimum absolute atomic E-state index is 0.224. The normalized spacial score (nSPS) is 9.77. The van der Waals surface area contributed by atoms with Crippen LogP contribution in [-0.4, -0.2) is 10.5 Å². The number of nitrogens with one attached hydrogen (secondary N) is 1. The molecule has 1 aromatic rings. The summed E-state index contributed by atoms with van der Waals surface area (Å²) in [5.74, 6) is 4.48. The average molecular weight is 181 g/mol. The molecule has 3 N–H and O–H groups in total. The number of carbonyl (C=O) groups is 1. The van der Waals surface area contributed by atoms with Crippen LogP contribution in [0.25, 0.3) is 0 Å². The molecule has 0 aliphatic heterocycles. The first-order chi connectivity index (χ1) is 6.06. The molecule has 1 heterocycles. The number of aryl methyl sites for hydroxylation is 1. The van der Waals surface area contributed by atoms with Crippen LogP contribution in [-0.2, 0) is 7.05 Å². The number of pyridine rings is 1. The molecular formula is C8H11N3O2. The summed E-state index contributed by atoms with van der Waals surface area (Å²) in [5, 5.41) is 0. The predicted molar refractivity (Wildman–Crippen MR) is 48.1 cm³/mol. The summed E-state index contributed by atoms with van der Waals surface area (Å²) in [7, 11) is 1.64. The SMILES string of the molecule is Cc1cc(C(=O)NN)cc(=O)n1C. The van der Waals surface area contributed by atoms with Crippen LogP contribution in [0.1, 0.15) is 16.1 Å². The number of nitrogen functional groups attached to an aromatic ring is 1. The van der Waals surface area contributed by atoms with Crippen molar-refractivity contribution >= 4 is 5.91 Å². The van der Waals surface area contributed by atoms with E-state index in [9.17, 15) is 9.59 Å². The standard InChI is InChI=1S/C8H11N3O2/c1-5-3-6(8(13)10-9)4-7(12)11(5)2/h3-4H,9H2,1-2H3,(H,10,13). The van der Waals surface area contributed by atoms with Crippen molar-refractivity contribution in [2.45, 2.75) is 6.92 Å². The largest absolute Gasteiger partial charge is 0.316 e. The molecule has 0 saturated heterocycles. The van der Waals surface area contributed by atoms with Crippen LogP contribution in [0.5, 0.6) is 0 Å². The van der Waals surface area contributed by atoms with Crippen LogP contribution >= 0.6 is 0 Å². The Morgan fingerprint density at radius 3 is 2.62 bits per heavy atom. The van der Waals surface area contributed by atoms with Crippen LogP contribution < -0.4 is 16.8 Å². The molecule has 0 bridgehead atoms. The molecule has 0 radical (unpaired) electrons. The molecule has 0 fully saturated rings. The van der Waals surface area contributed by atoms with Gasteiger partial charge < -0.3 is 4.57 Å². The lowest BCUT2D eigenvalue weighted by atomic mass is 10.2. The van der Waals surface area contributed by atoms with Crippen molar-refractivity contribution in [2.24, 2.45) is 12.9 Å². The lowest BCUT2D eigenvalue weighted by molar-refractivity contribution is 0.0953. The Morgan fingerprint density at radius 2 is 2.15 bits per heavy atom. The van der Waals surface area contributed by atoms with Crippen molar-refractivity contribution < 1.29 is 4.79 Å². The highest BCUT2D eigenvalue weighted by atomic mass is 16.2. The van der Waals surface area contributed by atoms with E-state index in [2.05, 4.69) is 0 Å². The number of nitrogens with zero attached hydrogens (tertiary/aromatic N) is 1. The lowest BCUT2D eigenvalue weighted by Gasteiger charge is -2.04. The summed E-state index contributed by atoms with van der Waals surface area (Å²) < 4.78 is 1.45. The maximum Gasteiger partial charge on any atom is 0.265 e. The first kappa shape index (κ1) is 9.47. The van der Waals surface area contributed by atoms with Crippen LogP contribution in [0.15, 0.2) is 16.9 Å². The van der Waals surface area contributed by atoms with E-state index >= 15 is 0 Å². The smallest absolute Gasteiger partial charge is 0.265 e. The van der Waals surface area contributed by atoms with Crippen molar-refractivity contribution in [1.82, 2.24) is 9.99 Å². The van der Waals surface area contributed by atoms with Gasteiger partial charge in [-0.2, -0.15) is 0 Å². The van der Waals surface area contributed by atoms with E-state index in [1.54, 1.807) is 20.0 Å². The quantitative estimate of drug-likeness (QED) is 0.341. The van der Waals surface area contributed by atoms with Gasteiger partial charge in [0.2, 0.25) is 0 Å². The minimum atomic E-state index is -0.458. The Hall–Kier alpha value is -1.62. The number of carbonyl (C=O) groups excluding carboxylic acids is 1. The molecular weight excluding hydrogens is 170 g/mol. The zero-order valence-corrected chi connectivity index (χ0v) is 7.50. The fourth-order valence-corrected chi connectivity index (χ4v) is 0.982. The number of rotatable bonds is 1. The Labute approximate surface area is 75.1 Å². The lowest BCUT2D eigenvalue weighted by Crippen LogP contribution is -2.32. The van der Waals surface area contributed by atoms with Gasteiger partial charge >= 0.3 is 0 Å². The second-order valence-corrected chi connectivity index (χ2v) is 2.76. The van der Waals surface area contributed by atoms with E-state index < -0.39 is 5.91 Å². The Balaban J connectivity index is 3.29. The highest BCUT2D eigenvalue weighted by molar-refractivity contribution is 5.93. The molecule has 13 heavy (non-hydrogen) atoms. The molecule has 0 saturated carbocycles. The fourth-order valence-electron chi connectivity index (χ4n) is 0.982. The van der Waals surface area contributed by atoms with Gasteiger partial charge in [-0.3, -0.25) is 15.0 Å². The third-order valence-electron chi connectivity index (χ3n) is 1.90. The van der Waals surface area contributed by atoms with Crippen LogP contribution in [0, 0.1) is 6.92 Å². The van der Waals surface area contributed by atoms with E-state index in [1.165, 1.54) is 10.6 Å². The third kappa shape index (κ3) is 1.75. The van der Waals surface area contributed by atoms with E-state index in [-0.39, 0.29) is 11.1 Å². The number of nitrogens with two attached hydrogens (primary N) is 1. The summed E-state index contributed by atoms with van der Waals surface area (Å²) in [6.45, 7) is 1.74. The Kier molecular flexibility index (Phi) is 2.48. The van der Waals surface area contributed by atoms with Gasteiger partial charge in [-0.15, -0.1) is 0 Å². The monoisotopic (exact) mass is 181 g/mol. The van der Waals surface area contributed by atoms with Gasteiger partial charge in [-0.25, -0.2) is 5.84 Å². The molecule has 1 aromatic heterocycles. The van der Waals surface area contributed by atoms with Gasteiger partial charge in [0.1, 0.15) is 0 Å². The number of hydrogen-bond donors (Lipinski definition) is 2. The van der Waals surface area contributed by atoms with Crippen LogP contribution in [0.2, 0.25) is 0 Å². The van der Waals surface area contributed by atoms with E-state index in [0.29, 0.717) is 5.69 Å². The fraction of sp³-hybridized carbons (Fsp3) is 0.250. The average Bonchev–Trinajstić information content (AvgIpc) is 2.12. The predicted octanol–water partition coefficient (Wildman–Crippen LogP) is -0.703. The zero-order valence-electron chi connectivity index (χ0n) is 7.50. The topological polar surface area (TPSA) is 77.1 Å². The van der Waals surface area contributed by atoms with Crippen molar-refractivity contribution in [3.8, 4) is 0 Å². The molecule has 1 rings (SSSR count). The zero-order chi connectivity index (χ0) is 10.0. The first-order valence-electron chi connectivity index (χ1n) is 3.75. The summed E-state index contributed by atoms with van der Waals surface area (Å²) >= 11 is 0. The molecule has 0 unspecified atom stereocenters. The molecule has 0 aliphatic carbocycles. The summed E-state index contributed by atoms with van der Waals surface area (Å²) in [4.78, 5) is 22.3. The number of hydrazine groups is 1. The van der Waals surface area contributed by atoms with E-state index in [1.807, 2.05) is 5.43 Å². The van der Waals surface area contributed by atoms with Crippen molar-refractivity contribution in [3.63, 3.8) is 0 Å². The molecule has 70 valence electrons. The van der Waals surface area contributed by atoms with E-state index in [4.69, 9.17) is 5.84 Å². The van der Waals surface area contributed by atoms with Gasteiger partial charge in [-0.1, -0.05) is 0 Å². The molecule has 0 spiro atoms. The molecule has 5 heteroatoms. The second kappa shape index (κ2) is 3.40. The van der Waals surface area contributed by atoms with Gasteiger partial charge in [0, 0.05) is 24.4 Å². The molecule has 0 aliphatic rings. The first-order valence-corrected chi connectivity index (χ1v) is 3.75. The summed E-state index contributed by atoms with van der Waals surface area (Å²) in [6.07, 6.45) is 0. The molecule has 5 nitrogen and oxygen atoms in total. The Bertz CT molecular complexity index is 395. The van der Waals surface area contributed by atoms with Crippen molar-refractivity contribution in [2.75, 3.05) is 0 Å². The number of hydrogen-bond acceptors (Lipinski definition) is 3. The van der Waals surface area contributed by atoms with Gasteiger partial charge in [0.25, 0.3) is 11.5 Å². The van der Waals surface area contributed by atoms with Crippen molar-refractivity contribution in [1.29, 1.82) is 0 Å². The minimum Gasteiger partial charge on any atom is -0.316 e. The van der Waals surface area contributed by atoms with Gasteiger partial charge in [0.15, 0.2) is 0 Å². The molecule has 0 aromatic carbocycles. The Morgan fingerprint density at radius 1 is 1.54 bits per heavy atom. The maximum atomic E-state index is 11.2. The highest BCUT2D eigenvalue weighted by Crippen LogP contribution is 1.98. The second-order valence-electron chi connectivity index (χ2n) is 2.76. The van der Waals surface area contributed by atoms with Crippen LogP contribution in [0.4, 0.5) is 0 Å². The third-order valence-corrected chi connectivity index (χ3v) is 1.90. The van der Waals surface area contributed by atoms with Crippen LogP contribution in [0.3, 0.4) is 0 Å². The van der Waals surface area contributed by atoms with Gasteiger partial charge in [0.05, 0.1) is 0 Å². The molecule has 1 amide bonds. The summed E-state index contributed by atoms with van der Waals surface area (Å²) in [5.41, 5.74) is 2.74. The van der Waals surface area contributed by atoms with Crippen molar-refractivity contribution in [3.05, 3.63) is 33.7 Å². The number of amides is 1.